The van der Waals surface area contributed by atoms with E-state index in [0.29, 0.717) is 34.3 Å². The molecule has 1 aliphatic rings. The number of benzene rings is 3. The van der Waals surface area contributed by atoms with E-state index >= 15 is 0 Å². The highest BCUT2D eigenvalue weighted by molar-refractivity contribution is 6.22. The summed E-state index contributed by atoms with van der Waals surface area (Å²) in [4.78, 5) is 39.9. The lowest BCUT2D eigenvalue weighted by Gasteiger charge is -2.15. The lowest BCUT2D eigenvalue weighted by atomic mass is 9.98. The third kappa shape index (κ3) is 5.44. The number of rotatable bonds is 9. The van der Waals surface area contributed by atoms with Crippen LogP contribution < -0.4 is 0 Å². The molecule has 5 aromatic rings. The topological polar surface area (TPSA) is 141 Å². The van der Waals surface area contributed by atoms with Gasteiger partial charge in [0.1, 0.15) is 0 Å². The second kappa shape index (κ2) is 11.1. The number of nitrogens with one attached hydrogen (secondary N) is 2. The van der Waals surface area contributed by atoms with Crippen LogP contribution in [0.4, 0.5) is 11.4 Å². The lowest BCUT2D eigenvalue weighted by molar-refractivity contribution is -0.384. The van der Waals surface area contributed by atoms with Crippen LogP contribution in [0.2, 0.25) is 0 Å². The minimum atomic E-state index is -0.456. The van der Waals surface area contributed by atoms with Gasteiger partial charge in [0, 0.05) is 48.1 Å². The number of nitro benzene ring substituents is 1. The van der Waals surface area contributed by atoms with Crippen LogP contribution in [0, 0.1) is 10.1 Å². The summed E-state index contributed by atoms with van der Waals surface area (Å²) in [5.74, 6) is 0.116. The molecule has 0 spiro atoms. The van der Waals surface area contributed by atoms with Crippen molar-refractivity contribution in [3.05, 3.63) is 106 Å². The van der Waals surface area contributed by atoms with E-state index in [4.69, 9.17) is 4.99 Å². The number of hydrogen-bond acceptors (Lipinski definition) is 6. The van der Waals surface area contributed by atoms with Crippen LogP contribution in [0.5, 0.6) is 5.88 Å². The number of aromatic hydroxyl groups is 1. The zero-order valence-electron chi connectivity index (χ0n) is 22.2. The SMILES string of the molecule is O=C1CCCN1CCCc1ccc(C(=Nc2ccc(-c3cnc[nH]3)cc2)c2c(O)[nH]c3ccc([N+](=O)[O-])cc23)cc1. The molecule has 1 fully saturated rings. The molecule has 0 unspecified atom stereocenters. The molecule has 3 aromatic carbocycles. The fourth-order valence-corrected chi connectivity index (χ4v) is 5.29. The summed E-state index contributed by atoms with van der Waals surface area (Å²) < 4.78 is 0. The van der Waals surface area contributed by atoms with Gasteiger partial charge in [0.25, 0.3) is 5.69 Å². The van der Waals surface area contributed by atoms with Gasteiger partial charge < -0.3 is 20.0 Å². The van der Waals surface area contributed by atoms with Crippen molar-refractivity contribution in [2.45, 2.75) is 25.7 Å². The summed E-state index contributed by atoms with van der Waals surface area (Å²) >= 11 is 0. The molecule has 0 atom stereocenters. The summed E-state index contributed by atoms with van der Waals surface area (Å²) in [5, 5.41) is 23.0. The number of aryl methyl sites for hydroxylation is 1. The standard InChI is InChI=1S/C31H28N6O4/c38-28-4-2-16-36(28)15-1-3-20-5-7-22(8-6-20)30(34-23-11-9-21(10-12-23)27-18-32-19-33-27)29-25-17-24(37(40)41)13-14-26(25)35-31(29)39/h5-14,17-19,35,39H,1-4,15-16H2,(H,32,33). The normalized spacial score (nSPS) is 13.8. The molecule has 10 nitrogen and oxygen atoms in total. The number of aromatic nitrogens is 3. The number of likely N-dealkylation sites (tertiary alicyclic amines) is 1. The Kier molecular flexibility index (Phi) is 7.03. The molecule has 1 saturated heterocycles. The number of carbonyl (C=O) groups excluding carboxylic acids is 1. The Labute approximate surface area is 235 Å². The maximum absolute atomic E-state index is 11.9. The molecule has 3 N–H and O–H groups in total. The number of fused-ring (bicyclic) bond motifs is 1. The number of hydrogen-bond donors (Lipinski definition) is 3. The van der Waals surface area contributed by atoms with Crippen molar-refractivity contribution in [3.63, 3.8) is 0 Å². The number of aromatic amines is 2. The van der Waals surface area contributed by atoms with Crippen molar-refractivity contribution in [2.24, 2.45) is 4.99 Å². The minimum Gasteiger partial charge on any atom is -0.494 e. The van der Waals surface area contributed by atoms with Crippen molar-refractivity contribution in [3.8, 4) is 17.1 Å². The monoisotopic (exact) mass is 548 g/mol. The van der Waals surface area contributed by atoms with Gasteiger partial charge in [-0.3, -0.25) is 14.9 Å². The quantitative estimate of drug-likeness (QED) is 0.120. The first-order chi connectivity index (χ1) is 20.0. The summed E-state index contributed by atoms with van der Waals surface area (Å²) in [6.07, 6.45) is 6.65. The van der Waals surface area contributed by atoms with Crippen molar-refractivity contribution >= 4 is 33.9 Å². The fraction of sp³-hybridized carbons (Fsp3) is 0.194. The van der Waals surface area contributed by atoms with Crippen molar-refractivity contribution < 1.29 is 14.8 Å². The molecule has 1 amide bonds. The lowest BCUT2D eigenvalue weighted by Crippen LogP contribution is -2.25. The number of imidazole rings is 1. The number of amides is 1. The van der Waals surface area contributed by atoms with E-state index in [0.717, 1.165) is 54.7 Å². The highest BCUT2D eigenvalue weighted by atomic mass is 16.6. The first-order valence-corrected chi connectivity index (χ1v) is 13.5. The summed E-state index contributed by atoms with van der Waals surface area (Å²) in [6, 6.07) is 20.0. The molecule has 2 aromatic heterocycles. The summed E-state index contributed by atoms with van der Waals surface area (Å²) in [7, 11) is 0. The van der Waals surface area contributed by atoms with Crippen LogP contribution in [0.15, 0.2) is 84.2 Å². The van der Waals surface area contributed by atoms with E-state index in [1.54, 1.807) is 18.6 Å². The van der Waals surface area contributed by atoms with Gasteiger partial charge in [-0.05, 0) is 48.6 Å². The Morgan fingerprint density at radius 2 is 1.90 bits per heavy atom. The van der Waals surface area contributed by atoms with Crippen LogP contribution >= 0.6 is 0 Å². The van der Waals surface area contributed by atoms with E-state index in [-0.39, 0.29) is 17.5 Å². The van der Waals surface area contributed by atoms with Crippen LogP contribution in [0.3, 0.4) is 0 Å². The average molecular weight is 549 g/mol. The fourth-order valence-electron chi connectivity index (χ4n) is 5.29. The second-order valence-electron chi connectivity index (χ2n) is 10.1. The molecule has 0 saturated carbocycles. The molecular weight excluding hydrogens is 520 g/mol. The minimum absolute atomic E-state index is 0.0761. The number of aliphatic imine (C=N–C) groups is 1. The van der Waals surface area contributed by atoms with Crippen molar-refractivity contribution in [1.82, 2.24) is 19.9 Å². The van der Waals surface area contributed by atoms with E-state index in [9.17, 15) is 20.0 Å². The number of H-pyrrole nitrogens is 2. The predicted octanol–water partition coefficient (Wildman–Crippen LogP) is 5.90. The van der Waals surface area contributed by atoms with E-state index in [2.05, 4.69) is 15.0 Å². The molecule has 0 aliphatic carbocycles. The Hall–Kier alpha value is -5.25. The zero-order chi connectivity index (χ0) is 28.3. The van der Waals surface area contributed by atoms with E-state index in [1.807, 2.05) is 53.4 Å². The number of nitro groups is 1. The molecule has 1 aliphatic heterocycles. The molecule has 6 rings (SSSR count). The largest absolute Gasteiger partial charge is 0.494 e. The Morgan fingerprint density at radius 1 is 1.10 bits per heavy atom. The number of nitrogens with zero attached hydrogens (tertiary/aromatic N) is 4. The maximum Gasteiger partial charge on any atom is 0.270 e. The van der Waals surface area contributed by atoms with Gasteiger partial charge >= 0.3 is 0 Å². The second-order valence-corrected chi connectivity index (χ2v) is 10.1. The van der Waals surface area contributed by atoms with E-state index < -0.39 is 4.92 Å². The first kappa shape index (κ1) is 26.0. The molecule has 41 heavy (non-hydrogen) atoms. The Balaban J connectivity index is 1.35. The molecule has 0 radical (unpaired) electrons. The highest BCUT2D eigenvalue weighted by Crippen LogP contribution is 2.34. The highest BCUT2D eigenvalue weighted by Gasteiger charge is 2.22. The smallest absolute Gasteiger partial charge is 0.270 e. The molecule has 10 heteroatoms. The maximum atomic E-state index is 11.9. The van der Waals surface area contributed by atoms with Crippen molar-refractivity contribution in [1.29, 1.82) is 0 Å². The van der Waals surface area contributed by atoms with Gasteiger partial charge in [0.15, 0.2) is 5.88 Å². The van der Waals surface area contributed by atoms with Gasteiger partial charge in [-0.25, -0.2) is 9.98 Å². The van der Waals surface area contributed by atoms with Crippen molar-refractivity contribution in [2.75, 3.05) is 13.1 Å². The van der Waals surface area contributed by atoms with E-state index in [1.165, 1.54) is 12.1 Å². The van der Waals surface area contributed by atoms with Crippen LogP contribution in [0.25, 0.3) is 22.2 Å². The predicted molar refractivity (Wildman–Crippen MR) is 157 cm³/mol. The Morgan fingerprint density at radius 3 is 2.59 bits per heavy atom. The van der Waals surface area contributed by atoms with Crippen LogP contribution in [-0.2, 0) is 11.2 Å². The zero-order valence-corrected chi connectivity index (χ0v) is 22.2. The molecule has 3 heterocycles. The molecular formula is C31H28N6O4. The van der Waals surface area contributed by atoms with Gasteiger partial charge in [0.05, 0.1) is 40.1 Å². The first-order valence-electron chi connectivity index (χ1n) is 13.5. The van der Waals surface area contributed by atoms with Crippen LogP contribution in [-0.4, -0.2) is 54.6 Å². The molecule has 0 bridgehead atoms. The third-order valence-corrected chi connectivity index (χ3v) is 7.42. The average Bonchev–Trinajstić information content (AvgIpc) is 3.73. The number of carbonyl (C=O) groups is 1. The summed E-state index contributed by atoms with van der Waals surface area (Å²) in [6.45, 7) is 1.59. The summed E-state index contributed by atoms with van der Waals surface area (Å²) in [5.41, 5.74) is 5.74. The Bertz CT molecular complexity index is 1740. The number of non-ortho nitro benzene ring substituents is 1. The van der Waals surface area contributed by atoms with Gasteiger partial charge in [0.2, 0.25) is 5.91 Å². The van der Waals surface area contributed by atoms with Crippen LogP contribution in [0.1, 0.15) is 36.0 Å². The van der Waals surface area contributed by atoms with Gasteiger partial charge in [-0.15, -0.1) is 0 Å². The van der Waals surface area contributed by atoms with Gasteiger partial charge in [-0.1, -0.05) is 36.4 Å². The van der Waals surface area contributed by atoms with Gasteiger partial charge in [-0.2, -0.15) is 0 Å². The third-order valence-electron chi connectivity index (χ3n) is 7.42. The molecule has 206 valence electrons.